The van der Waals surface area contributed by atoms with Crippen LogP contribution >= 0.6 is 0 Å². The van der Waals surface area contributed by atoms with Crippen LogP contribution in [0.15, 0.2) is 36.7 Å². The van der Waals surface area contributed by atoms with E-state index in [9.17, 15) is 4.79 Å². The summed E-state index contributed by atoms with van der Waals surface area (Å²) in [5, 5.41) is 0. The lowest BCUT2D eigenvalue weighted by molar-refractivity contribution is -0.134. The molecule has 0 N–H and O–H groups in total. The van der Waals surface area contributed by atoms with Gasteiger partial charge >= 0.3 is 5.97 Å². The fourth-order valence-corrected chi connectivity index (χ4v) is 3.54. The normalized spacial score (nSPS) is 10.9. The number of carbonyl (C=O) groups is 1. The molecule has 1 aromatic carbocycles. The molecule has 34 heavy (non-hydrogen) atoms. The number of rotatable bonds is 19. The SMILES string of the molecule is CCCCCCCCCCC(=O)Oc1ccc(-c2ncc(OCCCCOCCC)cn2)cc1. The molecule has 2 rings (SSSR count). The molecule has 6 nitrogen and oxygen atoms in total. The molecule has 0 aliphatic carbocycles. The average molecular weight is 471 g/mol. The Hall–Kier alpha value is -2.47. The summed E-state index contributed by atoms with van der Waals surface area (Å²) in [7, 11) is 0. The van der Waals surface area contributed by atoms with E-state index in [1.165, 1.54) is 38.5 Å². The second kappa shape index (κ2) is 17.9. The molecule has 0 fully saturated rings. The van der Waals surface area contributed by atoms with Crippen molar-refractivity contribution in [2.45, 2.75) is 90.9 Å². The fraction of sp³-hybridized carbons (Fsp3) is 0.607. The van der Waals surface area contributed by atoms with E-state index in [2.05, 4.69) is 23.8 Å². The van der Waals surface area contributed by atoms with Crippen molar-refractivity contribution >= 4 is 5.97 Å². The summed E-state index contributed by atoms with van der Waals surface area (Å²) >= 11 is 0. The third kappa shape index (κ3) is 12.1. The van der Waals surface area contributed by atoms with E-state index in [0.29, 0.717) is 30.4 Å². The van der Waals surface area contributed by atoms with Gasteiger partial charge in [-0.05, 0) is 49.9 Å². The van der Waals surface area contributed by atoms with E-state index in [1.54, 1.807) is 24.5 Å². The first-order valence-corrected chi connectivity index (χ1v) is 13.1. The predicted octanol–water partition coefficient (Wildman–Crippen LogP) is 7.17. The van der Waals surface area contributed by atoms with Crippen molar-refractivity contribution in [3.8, 4) is 22.9 Å². The lowest BCUT2D eigenvalue weighted by Gasteiger charge is -2.07. The molecule has 0 unspecified atom stereocenters. The van der Waals surface area contributed by atoms with Gasteiger partial charge in [-0.25, -0.2) is 9.97 Å². The number of benzene rings is 1. The van der Waals surface area contributed by atoms with Crippen molar-refractivity contribution in [3.05, 3.63) is 36.7 Å². The molecule has 0 bridgehead atoms. The molecule has 0 spiro atoms. The van der Waals surface area contributed by atoms with E-state index in [0.717, 1.165) is 50.9 Å². The van der Waals surface area contributed by atoms with Crippen LogP contribution in [0.1, 0.15) is 90.9 Å². The third-order valence-electron chi connectivity index (χ3n) is 5.51. The zero-order valence-electron chi connectivity index (χ0n) is 21.1. The van der Waals surface area contributed by atoms with Gasteiger partial charge in [0.1, 0.15) is 5.75 Å². The quantitative estimate of drug-likeness (QED) is 0.123. The Morgan fingerprint density at radius 2 is 1.35 bits per heavy atom. The van der Waals surface area contributed by atoms with Crippen molar-refractivity contribution < 1.29 is 19.0 Å². The number of ether oxygens (including phenoxy) is 3. The van der Waals surface area contributed by atoms with E-state index in [1.807, 2.05) is 12.1 Å². The second-order valence-corrected chi connectivity index (χ2v) is 8.63. The second-order valence-electron chi connectivity index (χ2n) is 8.63. The maximum atomic E-state index is 12.1. The van der Waals surface area contributed by atoms with E-state index in [4.69, 9.17) is 14.2 Å². The number of nitrogens with zero attached hydrogens (tertiary/aromatic N) is 2. The van der Waals surface area contributed by atoms with Crippen LogP contribution in [0.2, 0.25) is 0 Å². The molecule has 6 heteroatoms. The van der Waals surface area contributed by atoms with Crippen molar-refractivity contribution in [2.24, 2.45) is 0 Å². The predicted molar refractivity (Wildman–Crippen MR) is 136 cm³/mol. The molecule has 1 heterocycles. The summed E-state index contributed by atoms with van der Waals surface area (Å²) in [5.41, 5.74) is 0.863. The van der Waals surface area contributed by atoms with Crippen LogP contribution in [0.5, 0.6) is 11.5 Å². The molecule has 0 amide bonds. The minimum Gasteiger partial charge on any atom is -0.490 e. The zero-order chi connectivity index (χ0) is 24.3. The third-order valence-corrected chi connectivity index (χ3v) is 5.51. The van der Waals surface area contributed by atoms with Crippen molar-refractivity contribution in [3.63, 3.8) is 0 Å². The van der Waals surface area contributed by atoms with Gasteiger partial charge in [-0.2, -0.15) is 0 Å². The summed E-state index contributed by atoms with van der Waals surface area (Å²) in [6.45, 7) is 6.55. The Labute approximate surface area is 205 Å². The highest BCUT2D eigenvalue weighted by atomic mass is 16.5. The van der Waals surface area contributed by atoms with Crippen LogP contribution in [0, 0.1) is 0 Å². The monoisotopic (exact) mass is 470 g/mol. The topological polar surface area (TPSA) is 70.5 Å². The lowest BCUT2D eigenvalue weighted by atomic mass is 10.1. The van der Waals surface area contributed by atoms with Crippen LogP contribution < -0.4 is 9.47 Å². The number of aromatic nitrogens is 2. The molecule has 0 aliphatic rings. The van der Waals surface area contributed by atoms with Crippen LogP contribution in [-0.4, -0.2) is 35.8 Å². The van der Waals surface area contributed by atoms with Crippen molar-refractivity contribution in [2.75, 3.05) is 19.8 Å². The maximum absolute atomic E-state index is 12.1. The van der Waals surface area contributed by atoms with Gasteiger partial charge in [-0.15, -0.1) is 0 Å². The number of carbonyl (C=O) groups excluding carboxylic acids is 1. The first kappa shape index (κ1) is 27.8. The van der Waals surface area contributed by atoms with Crippen LogP contribution in [0.3, 0.4) is 0 Å². The van der Waals surface area contributed by atoms with Gasteiger partial charge in [0, 0.05) is 25.2 Å². The standard InChI is InChI=1S/C28H42N2O4/c1-3-5-6-7-8-9-10-11-14-27(31)34-25-17-15-24(16-18-25)28-29-22-26(23-30-28)33-21-13-12-20-32-19-4-2/h15-18,22-23H,3-14,19-21H2,1-2H3. The van der Waals surface area contributed by atoms with Crippen LogP contribution in [0.25, 0.3) is 11.4 Å². The Morgan fingerprint density at radius 1 is 0.706 bits per heavy atom. The van der Waals surface area contributed by atoms with E-state index >= 15 is 0 Å². The Balaban J connectivity index is 1.64. The minimum absolute atomic E-state index is 0.173. The van der Waals surface area contributed by atoms with Gasteiger partial charge in [-0.1, -0.05) is 58.8 Å². The lowest BCUT2D eigenvalue weighted by Crippen LogP contribution is -2.07. The number of hydrogen-bond donors (Lipinski definition) is 0. The largest absolute Gasteiger partial charge is 0.490 e. The van der Waals surface area contributed by atoms with Crippen molar-refractivity contribution in [1.29, 1.82) is 0 Å². The summed E-state index contributed by atoms with van der Waals surface area (Å²) in [4.78, 5) is 20.9. The van der Waals surface area contributed by atoms with Gasteiger partial charge in [-0.3, -0.25) is 4.79 Å². The summed E-state index contributed by atoms with van der Waals surface area (Å²) < 4.78 is 16.6. The van der Waals surface area contributed by atoms with Crippen LogP contribution in [-0.2, 0) is 9.53 Å². The molecule has 2 aromatic rings. The fourth-order valence-electron chi connectivity index (χ4n) is 3.54. The summed E-state index contributed by atoms with van der Waals surface area (Å²) in [5.74, 6) is 1.64. The van der Waals surface area contributed by atoms with E-state index in [-0.39, 0.29) is 5.97 Å². The van der Waals surface area contributed by atoms with Gasteiger partial charge in [0.2, 0.25) is 0 Å². The van der Waals surface area contributed by atoms with Gasteiger partial charge in [0.05, 0.1) is 19.0 Å². The summed E-state index contributed by atoms with van der Waals surface area (Å²) in [6, 6.07) is 7.31. The van der Waals surface area contributed by atoms with Gasteiger partial charge < -0.3 is 14.2 Å². The zero-order valence-corrected chi connectivity index (χ0v) is 21.1. The molecular formula is C28H42N2O4. The Morgan fingerprint density at radius 3 is 2.03 bits per heavy atom. The number of esters is 1. The average Bonchev–Trinajstić information content (AvgIpc) is 2.86. The van der Waals surface area contributed by atoms with E-state index < -0.39 is 0 Å². The molecule has 1 aromatic heterocycles. The Bertz CT molecular complexity index is 778. The molecule has 0 atom stereocenters. The maximum Gasteiger partial charge on any atom is 0.311 e. The number of unbranched alkanes of at least 4 members (excludes halogenated alkanes) is 8. The molecule has 0 aliphatic heterocycles. The highest BCUT2D eigenvalue weighted by Crippen LogP contribution is 2.21. The highest BCUT2D eigenvalue weighted by molar-refractivity contribution is 5.72. The van der Waals surface area contributed by atoms with Gasteiger partial charge in [0.25, 0.3) is 0 Å². The Kier molecular flexibility index (Phi) is 14.6. The molecule has 188 valence electrons. The molecule has 0 saturated carbocycles. The van der Waals surface area contributed by atoms with Gasteiger partial charge in [0.15, 0.2) is 11.6 Å². The first-order valence-electron chi connectivity index (χ1n) is 13.1. The van der Waals surface area contributed by atoms with Crippen molar-refractivity contribution in [1.82, 2.24) is 9.97 Å². The van der Waals surface area contributed by atoms with Crippen LogP contribution in [0.4, 0.5) is 0 Å². The molecular weight excluding hydrogens is 428 g/mol. The summed E-state index contributed by atoms with van der Waals surface area (Å²) in [6.07, 6.45) is 16.5. The number of hydrogen-bond acceptors (Lipinski definition) is 6. The highest BCUT2D eigenvalue weighted by Gasteiger charge is 2.07. The minimum atomic E-state index is -0.173. The molecule has 0 radical (unpaired) electrons. The first-order chi connectivity index (χ1) is 16.7. The smallest absolute Gasteiger partial charge is 0.311 e. The molecule has 0 saturated heterocycles.